The molecule has 0 radical (unpaired) electrons. The molecule has 5 heteroatoms. The van der Waals surface area contributed by atoms with Crippen molar-refractivity contribution < 1.29 is 19.4 Å². The quantitative estimate of drug-likeness (QED) is 0.871. The first kappa shape index (κ1) is 15.4. The number of carboxylic acid groups (broad SMARTS) is 1. The van der Waals surface area contributed by atoms with Gasteiger partial charge >= 0.3 is 5.97 Å². The van der Waals surface area contributed by atoms with Crippen molar-refractivity contribution in [1.82, 2.24) is 5.32 Å². The highest BCUT2D eigenvalue weighted by atomic mass is 16.5. The van der Waals surface area contributed by atoms with Gasteiger partial charge < -0.3 is 15.2 Å². The van der Waals surface area contributed by atoms with Crippen molar-refractivity contribution in [1.29, 1.82) is 0 Å². The Balaban J connectivity index is 1.92. The average Bonchev–Trinajstić information content (AvgIpc) is 2.95. The summed E-state index contributed by atoms with van der Waals surface area (Å²) >= 11 is 0. The van der Waals surface area contributed by atoms with E-state index in [1.54, 1.807) is 7.11 Å². The van der Waals surface area contributed by atoms with Crippen LogP contribution in [0.1, 0.15) is 37.7 Å². The first-order valence-electron chi connectivity index (χ1n) is 7.18. The van der Waals surface area contributed by atoms with Crippen LogP contribution in [0.4, 0.5) is 0 Å². The number of methoxy groups -OCH3 is 1. The van der Waals surface area contributed by atoms with Gasteiger partial charge in [0.05, 0.1) is 18.9 Å². The lowest BCUT2D eigenvalue weighted by atomic mass is 9.99. The molecule has 0 saturated heterocycles. The summed E-state index contributed by atoms with van der Waals surface area (Å²) < 4.78 is 5.10. The van der Waals surface area contributed by atoms with Crippen LogP contribution in [0, 0.1) is 5.92 Å². The summed E-state index contributed by atoms with van der Waals surface area (Å²) in [4.78, 5) is 23.2. The third-order valence-electron chi connectivity index (χ3n) is 4.14. The zero-order valence-electron chi connectivity index (χ0n) is 12.3. The van der Waals surface area contributed by atoms with Gasteiger partial charge in [0.2, 0.25) is 5.91 Å². The number of hydrogen-bond acceptors (Lipinski definition) is 3. The van der Waals surface area contributed by atoms with E-state index in [4.69, 9.17) is 9.84 Å². The molecule has 0 bridgehead atoms. The highest BCUT2D eigenvalue weighted by Crippen LogP contribution is 2.27. The minimum Gasteiger partial charge on any atom is -0.497 e. The van der Waals surface area contributed by atoms with Gasteiger partial charge in [-0.3, -0.25) is 9.59 Å². The van der Waals surface area contributed by atoms with Crippen molar-refractivity contribution in [3.05, 3.63) is 29.8 Å². The van der Waals surface area contributed by atoms with E-state index >= 15 is 0 Å². The molecule has 1 aliphatic rings. The lowest BCUT2D eigenvalue weighted by molar-refractivity contribution is -0.141. The maximum atomic E-state index is 12.2. The molecule has 1 aromatic rings. The Hall–Kier alpha value is -2.04. The lowest BCUT2D eigenvalue weighted by Gasteiger charge is -2.17. The Labute approximate surface area is 124 Å². The minimum atomic E-state index is -0.769. The van der Waals surface area contributed by atoms with Crippen molar-refractivity contribution in [2.75, 3.05) is 7.11 Å². The number of carboxylic acids is 1. The Morgan fingerprint density at radius 2 is 1.95 bits per heavy atom. The minimum absolute atomic E-state index is 0.0284. The monoisotopic (exact) mass is 291 g/mol. The molecule has 1 aromatic carbocycles. The third kappa shape index (κ3) is 3.74. The van der Waals surface area contributed by atoms with E-state index in [-0.39, 0.29) is 23.8 Å². The van der Waals surface area contributed by atoms with E-state index in [1.165, 1.54) is 0 Å². The molecule has 1 amide bonds. The molecule has 114 valence electrons. The van der Waals surface area contributed by atoms with Crippen LogP contribution in [0.5, 0.6) is 5.75 Å². The number of amides is 1. The number of aliphatic carboxylic acids is 1. The first-order valence-corrected chi connectivity index (χ1v) is 7.18. The van der Waals surface area contributed by atoms with Crippen molar-refractivity contribution in [3.63, 3.8) is 0 Å². The molecular weight excluding hydrogens is 270 g/mol. The molecule has 0 spiro atoms. The van der Waals surface area contributed by atoms with Crippen LogP contribution in [0.3, 0.4) is 0 Å². The van der Waals surface area contributed by atoms with Crippen LogP contribution in [-0.2, 0) is 9.59 Å². The van der Waals surface area contributed by atoms with E-state index in [0.29, 0.717) is 12.8 Å². The molecule has 0 heterocycles. The summed E-state index contributed by atoms with van der Waals surface area (Å²) in [6.07, 6.45) is 1.89. The maximum absolute atomic E-state index is 12.2. The highest BCUT2D eigenvalue weighted by Gasteiger charge is 2.31. The molecule has 5 nitrogen and oxygen atoms in total. The predicted octanol–water partition coefficient (Wildman–Crippen LogP) is 2.17. The summed E-state index contributed by atoms with van der Waals surface area (Å²) in [5, 5.41) is 11.9. The molecule has 2 N–H and O–H groups in total. The lowest BCUT2D eigenvalue weighted by Crippen LogP contribution is -2.36. The molecule has 3 atom stereocenters. The van der Waals surface area contributed by atoms with Gasteiger partial charge in [-0.2, -0.15) is 0 Å². The van der Waals surface area contributed by atoms with Crippen molar-refractivity contribution >= 4 is 11.9 Å². The number of carbonyl (C=O) groups excluding carboxylic acids is 1. The standard InChI is InChI=1S/C16H21NO4/c1-10(11-4-7-14(21-2)8-5-11)15(18)17-13-6-3-12(9-13)16(19)20/h4-5,7-8,10,12-13H,3,6,9H2,1-2H3,(H,17,18)(H,19,20)/t10?,12-,13+/m0/s1. The Kier molecular flexibility index (Phi) is 4.83. The smallest absolute Gasteiger partial charge is 0.306 e. The van der Waals surface area contributed by atoms with Gasteiger partial charge in [0.1, 0.15) is 5.75 Å². The normalized spacial score (nSPS) is 22.6. The zero-order chi connectivity index (χ0) is 15.4. The van der Waals surface area contributed by atoms with Crippen LogP contribution in [0.15, 0.2) is 24.3 Å². The zero-order valence-corrected chi connectivity index (χ0v) is 12.3. The van der Waals surface area contributed by atoms with Crippen LogP contribution in [0.25, 0.3) is 0 Å². The molecule has 1 unspecified atom stereocenters. The van der Waals surface area contributed by atoms with Gasteiger partial charge in [0.25, 0.3) is 0 Å². The molecule has 21 heavy (non-hydrogen) atoms. The number of carbonyl (C=O) groups is 2. The molecule has 0 aromatic heterocycles. The number of benzene rings is 1. The van der Waals surface area contributed by atoms with Crippen LogP contribution in [-0.4, -0.2) is 30.1 Å². The molecule has 1 fully saturated rings. The third-order valence-corrected chi connectivity index (χ3v) is 4.14. The Morgan fingerprint density at radius 1 is 1.29 bits per heavy atom. The fourth-order valence-corrected chi connectivity index (χ4v) is 2.71. The van der Waals surface area contributed by atoms with E-state index in [2.05, 4.69) is 5.32 Å². The number of ether oxygens (including phenoxy) is 1. The van der Waals surface area contributed by atoms with Gasteiger partial charge in [0, 0.05) is 6.04 Å². The predicted molar refractivity (Wildman–Crippen MR) is 78.3 cm³/mol. The highest BCUT2D eigenvalue weighted by molar-refractivity contribution is 5.83. The van der Waals surface area contributed by atoms with E-state index in [0.717, 1.165) is 17.7 Å². The second-order valence-electron chi connectivity index (χ2n) is 5.55. The van der Waals surface area contributed by atoms with Crippen molar-refractivity contribution in [3.8, 4) is 5.75 Å². The van der Waals surface area contributed by atoms with Crippen LogP contribution >= 0.6 is 0 Å². The summed E-state index contributed by atoms with van der Waals surface area (Å²) in [5.41, 5.74) is 0.918. The second-order valence-corrected chi connectivity index (χ2v) is 5.55. The largest absolute Gasteiger partial charge is 0.497 e. The topological polar surface area (TPSA) is 75.6 Å². The van der Waals surface area contributed by atoms with Crippen molar-refractivity contribution in [2.24, 2.45) is 5.92 Å². The first-order chi connectivity index (χ1) is 10.0. The maximum Gasteiger partial charge on any atom is 0.306 e. The number of hydrogen-bond donors (Lipinski definition) is 2. The van der Waals surface area contributed by atoms with E-state index in [1.807, 2.05) is 31.2 Å². The summed E-state index contributed by atoms with van der Waals surface area (Å²) in [7, 11) is 1.60. The molecular formula is C16H21NO4. The van der Waals surface area contributed by atoms with Gasteiger partial charge in [-0.1, -0.05) is 12.1 Å². The Morgan fingerprint density at radius 3 is 2.48 bits per heavy atom. The molecule has 1 saturated carbocycles. The van der Waals surface area contributed by atoms with E-state index in [9.17, 15) is 9.59 Å². The average molecular weight is 291 g/mol. The summed E-state index contributed by atoms with van der Waals surface area (Å²) in [6.45, 7) is 1.85. The van der Waals surface area contributed by atoms with Crippen molar-refractivity contribution in [2.45, 2.75) is 38.1 Å². The van der Waals surface area contributed by atoms with Crippen LogP contribution < -0.4 is 10.1 Å². The summed E-state index contributed by atoms with van der Waals surface area (Å²) in [6, 6.07) is 7.37. The second kappa shape index (κ2) is 6.61. The van der Waals surface area contributed by atoms with Crippen LogP contribution in [0.2, 0.25) is 0 Å². The fourth-order valence-electron chi connectivity index (χ4n) is 2.71. The van der Waals surface area contributed by atoms with Gasteiger partial charge in [0.15, 0.2) is 0 Å². The van der Waals surface area contributed by atoms with Gasteiger partial charge in [-0.15, -0.1) is 0 Å². The Bertz CT molecular complexity index is 512. The summed E-state index contributed by atoms with van der Waals surface area (Å²) in [5.74, 6) is -0.663. The number of rotatable bonds is 5. The SMILES string of the molecule is COc1ccc(C(C)C(=O)N[C@@H]2CC[C@H](C(=O)O)C2)cc1. The fraction of sp³-hybridized carbons (Fsp3) is 0.500. The van der Waals surface area contributed by atoms with E-state index < -0.39 is 5.97 Å². The molecule has 2 rings (SSSR count). The van der Waals surface area contributed by atoms with Gasteiger partial charge in [-0.25, -0.2) is 0 Å². The molecule has 0 aliphatic heterocycles. The van der Waals surface area contributed by atoms with Gasteiger partial charge in [-0.05, 0) is 43.9 Å². The number of nitrogens with one attached hydrogen (secondary N) is 1. The molecule has 1 aliphatic carbocycles.